The summed E-state index contributed by atoms with van der Waals surface area (Å²) in [5, 5.41) is 2.69. The zero-order chi connectivity index (χ0) is 24.2. The number of morpholine rings is 1. The number of benzene rings is 1. The van der Waals surface area contributed by atoms with Gasteiger partial charge in [-0.1, -0.05) is 26.8 Å². The molecule has 1 N–H and O–H groups in total. The predicted molar refractivity (Wildman–Crippen MR) is 125 cm³/mol. The van der Waals surface area contributed by atoms with Crippen molar-refractivity contribution in [2.45, 2.75) is 58.3 Å². The zero-order valence-corrected chi connectivity index (χ0v) is 20.9. The lowest BCUT2D eigenvalue weighted by Crippen LogP contribution is -2.40. The van der Waals surface area contributed by atoms with Crippen molar-refractivity contribution in [2.75, 3.05) is 38.2 Å². The van der Waals surface area contributed by atoms with Gasteiger partial charge in [-0.25, -0.2) is 8.42 Å². The number of carbonyl (C=O) groups is 2. The van der Waals surface area contributed by atoms with Gasteiger partial charge in [0.2, 0.25) is 10.0 Å². The molecule has 1 amide bonds. The second kappa shape index (κ2) is 10.5. The molecule has 1 aliphatic carbocycles. The van der Waals surface area contributed by atoms with Gasteiger partial charge in [0.15, 0.2) is 6.61 Å². The van der Waals surface area contributed by atoms with Crippen LogP contribution in [0.5, 0.6) is 0 Å². The van der Waals surface area contributed by atoms with E-state index in [0.29, 0.717) is 37.9 Å². The minimum Gasteiger partial charge on any atom is -0.455 e. The van der Waals surface area contributed by atoms with E-state index in [1.54, 1.807) is 13.0 Å². The van der Waals surface area contributed by atoms with Crippen LogP contribution in [-0.4, -0.2) is 57.5 Å². The minimum absolute atomic E-state index is 0.109. The number of nitrogens with zero attached hydrogens (tertiary/aromatic N) is 1. The van der Waals surface area contributed by atoms with Crippen LogP contribution < -0.4 is 5.32 Å². The van der Waals surface area contributed by atoms with Crippen molar-refractivity contribution >= 4 is 27.6 Å². The van der Waals surface area contributed by atoms with Gasteiger partial charge < -0.3 is 14.8 Å². The summed E-state index contributed by atoms with van der Waals surface area (Å²) in [7, 11) is -3.68. The lowest BCUT2D eigenvalue weighted by molar-refractivity contribution is -0.153. The maximum absolute atomic E-state index is 12.9. The molecule has 1 aromatic rings. The Hall–Kier alpha value is -1.97. The standard InChI is InChI=1S/C24H36N2O6S/c1-17-5-10-20(33(29,30)26-11-13-31-14-12-26)15-21(17)25-22(27)16-32-23(28)18-6-8-19(9-7-18)24(2,3)4/h5,10,15,18-19H,6-9,11-14,16H2,1-4H3,(H,25,27). The van der Waals surface area contributed by atoms with Crippen LogP contribution in [0.25, 0.3) is 0 Å². The van der Waals surface area contributed by atoms with Gasteiger partial charge in [0.1, 0.15) is 0 Å². The molecule has 9 heteroatoms. The highest BCUT2D eigenvalue weighted by Gasteiger charge is 2.33. The molecule has 184 valence electrons. The number of ether oxygens (including phenoxy) is 2. The van der Waals surface area contributed by atoms with E-state index in [4.69, 9.17) is 9.47 Å². The number of hydrogen-bond acceptors (Lipinski definition) is 6. The average molecular weight is 481 g/mol. The lowest BCUT2D eigenvalue weighted by atomic mass is 9.70. The average Bonchev–Trinajstić information content (AvgIpc) is 2.79. The van der Waals surface area contributed by atoms with E-state index in [2.05, 4.69) is 26.1 Å². The number of rotatable bonds is 6. The molecular weight excluding hydrogens is 444 g/mol. The smallest absolute Gasteiger partial charge is 0.309 e. The lowest BCUT2D eigenvalue weighted by Gasteiger charge is -2.36. The SMILES string of the molecule is Cc1ccc(S(=O)(=O)N2CCOCC2)cc1NC(=O)COC(=O)C1CCC(C(C)(C)C)CC1. The van der Waals surface area contributed by atoms with E-state index < -0.39 is 22.5 Å². The molecule has 1 aliphatic heterocycles. The molecule has 0 spiro atoms. The van der Waals surface area contributed by atoms with Crippen LogP contribution in [0, 0.1) is 24.2 Å². The number of carbonyl (C=O) groups excluding carboxylic acids is 2. The van der Waals surface area contributed by atoms with Crippen molar-refractivity contribution in [1.29, 1.82) is 0 Å². The molecule has 0 aromatic heterocycles. The molecular formula is C24H36N2O6S. The molecule has 1 aromatic carbocycles. The molecule has 1 saturated carbocycles. The Labute approximate surface area is 197 Å². The summed E-state index contributed by atoms with van der Waals surface area (Å²) < 4.78 is 37.7. The van der Waals surface area contributed by atoms with Crippen molar-refractivity contribution in [3.05, 3.63) is 23.8 Å². The highest BCUT2D eigenvalue weighted by atomic mass is 32.2. The van der Waals surface area contributed by atoms with Gasteiger partial charge in [-0.05, 0) is 61.6 Å². The quantitative estimate of drug-likeness (QED) is 0.627. The van der Waals surface area contributed by atoms with Crippen LogP contribution in [0.4, 0.5) is 5.69 Å². The first-order valence-electron chi connectivity index (χ1n) is 11.6. The third-order valence-corrected chi connectivity index (χ3v) is 8.62. The molecule has 0 unspecified atom stereocenters. The van der Waals surface area contributed by atoms with Crippen LogP contribution in [0.1, 0.15) is 52.0 Å². The molecule has 3 rings (SSSR count). The molecule has 0 bridgehead atoms. The Balaban J connectivity index is 1.55. The van der Waals surface area contributed by atoms with Gasteiger partial charge in [0, 0.05) is 18.8 Å². The summed E-state index contributed by atoms with van der Waals surface area (Å²) in [6.45, 7) is 9.38. The van der Waals surface area contributed by atoms with E-state index in [1.807, 2.05) is 0 Å². The third-order valence-electron chi connectivity index (χ3n) is 6.72. The van der Waals surface area contributed by atoms with Crippen LogP contribution in [-0.2, 0) is 29.1 Å². The normalized spacial score (nSPS) is 22.5. The number of nitrogens with one attached hydrogen (secondary N) is 1. The maximum Gasteiger partial charge on any atom is 0.309 e. The zero-order valence-electron chi connectivity index (χ0n) is 20.1. The largest absolute Gasteiger partial charge is 0.455 e. The van der Waals surface area contributed by atoms with E-state index in [9.17, 15) is 18.0 Å². The summed E-state index contributed by atoms with van der Waals surface area (Å²) in [6, 6.07) is 4.64. The Kier molecular flexibility index (Phi) is 8.18. The fraction of sp³-hybridized carbons (Fsp3) is 0.667. The van der Waals surface area contributed by atoms with Gasteiger partial charge in [0.25, 0.3) is 5.91 Å². The number of anilines is 1. The Bertz CT molecular complexity index is 956. The topological polar surface area (TPSA) is 102 Å². The molecule has 1 saturated heterocycles. The van der Waals surface area contributed by atoms with Crippen molar-refractivity contribution in [3.8, 4) is 0 Å². The summed E-state index contributed by atoms with van der Waals surface area (Å²) in [6.07, 6.45) is 3.53. The molecule has 0 atom stereocenters. The highest BCUT2D eigenvalue weighted by molar-refractivity contribution is 7.89. The predicted octanol–water partition coefficient (Wildman–Crippen LogP) is 3.35. The molecule has 2 fully saturated rings. The number of sulfonamides is 1. The van der Waals surface area contributed by atoms with E-state index in [-0.39, 0.29) is 22.2 Å². The second-order valence-electron chi connectivity index (χ2n) is 10.1. The molecule has 1 heterocycles. The van der Waals surface area contributed by atoms with E-state index in [1.165, 1.54) is 16.4 Å². The summed E-state index contributed by atoms with van der Waals surface area (Å²) in [5.74, 6) is -0.400. The number of aryl methyl sites for hydroxylation is 1. The third kappa shape index (κ3) is 6.55. The van der Waals surface area contributed by atoms with E-state index in [0.717, 1.165) is 31.2 Å². The summed E-state index contributed by atoms with van der Waals surface area (Å²) >= 11 is 0. The Morgan fingerprint density at radius 2 is 1.76 bits per heavy atom. The van der Waals surface area contributed by atoms with Gasteiger partial charge in [0.05, 0.1) is 24.0 Å². The molecule has 2 aliphatic rings. The summed E-state index contributed by atoms with van der Waals surface area (Å²) in [5.41, 5.74) is 1.34. The van der Waals surface area contributed by atoms with Crippen LogP contribution >= 0.6 is 0 Å². The highest BCUT2D eigenvalue weighted by Crippen LogP contribution is 2.40. The molecule has 33 heavy (non-hydrogen) atoms. The monoisotopic (exact) mass is 480 g/mol. The Morgan fingerprint density at radius 1 is 1.12 bits per heavy atom. The fourth-order valence-corrected chi connectivity index (χ4v) is 5.90. The molecule has 8 nitrogen and oxygen atoms in total. The number of amides is 1. The van der Waals surface area contributed by atoms with Crippen molar-refractivity contribution < 1.29 is 27.5 Å². The van der Waals surface area contributed by atoms with Crippen molar-refractivity contribution in [3.63, 3.8) is 0 Å². The van der Waals surface area contributed by atoms with Gasteiger partial charge in [-0.3, -0.25) is 9.59 Å². The van der Waals surface area contributed by atoms with Gasteiger partial charge >= 0.3 is 5.97 Å². The maximum atomic E-state index is 12.9. The molecule has 0 radical (unpaired) electrons. The van der Waals surface area contributed by atoms with Gasteiger partial charge in [-0.2, -0.15) is 4.31 Å². The van der Waals surface area contributed by atoms with E-state index >= 15 is 0 Å². The first-order valence-corrected chi connectivity index (χ1v) is 13.1. The number of esters is 1. The van der Waals surface area contributed by atoms with Crippen LogP contribution in [0.3, 0.4) is 0 Å². The van der Waals surface area contributed by atoms with Crippen LogP contribution in [0.15, 0.2) is 23.1 Å². The first-order chi connectivity index (χ1) is 15.5. The van der Waals surface area contributed by atoms with Crippen molar-refractivity contribution in [2.24, 2.45) is 17.3 Å². The van der Waals surface area contributed by atoms with Crippen molar-refractivity contribution in [1.82, 2.24) is 4.31 Å². The second-order valence-corrected chi connectivity index (χ2v) is 12.0. The van der Waals surface area contributed by atoms with Gasteiger partial charge in [-0.15, -0.1) is 0 Å². The van der Waals surface area contributed by atoms with Crippen LogP contribution in [0.2, 0.25) is 0 Å². The summed E-state index contributed by atoms with van der Waals surface area (Å²) in [4.78, 5) is 25.0. The minimum atomic E-state index is -3.68. The Morgan fingerprint density at radius 3 is 2.36 bits per heavy atom. The number of hydrogen-bond donors (Lipinski definition) is 1. The fourth-order valence-electron chi connectivity index (χ4n) is 4.47. The first kappa shape index (κ1) is 25.6.